The Balaban J connectivity index is 1.60. The van der Waals surface area contributed by atoms with Crippen LogP contribution in [0.4, 0.5) is 5.69 Å². The second-order valence-corrected chi connectivity index (χ2v) is 7.58. The van der Waals surface area contributed by atoms with Gasteiger partial charge in [-0.1, -0.05) is 53.7 Å². The molecule has 0 bridgehead atoms. The van der Waals surface area contributed by atoms with Gasteiger partial charge in [-0.05, 0) is 31.5 Å². The molecule has 0 saturated heterocycles. The van der Waals surface area contributed by atoms with E-state index in [0.29, 0.717) is 23.0 Å². The number of hydrogen-bond donors (Lipinski definition) is 2. The van der Waals surface area contributed by atoms with Crippen LogP contribution in [0.25, 0.3) is 0 Å². The molecular formula is C21H23N5O2S. The van der Waals surface area contributed by atoms with Gasteiger partial charge in [-0.3, -0.25) is 9.59 Å². The molecule has 0 aliphatic carbocycles. The van der Waals surface area contributed by atoms with Gasteiger partial charge >= 0.3 is 0 Å². The third kappa shape index (κ3) is 5.45. The molecule has 0 unspecified atom stereocenters. The fraction of sp³-hybridized carbons (Fsp3) is 0.238. The number of carbonyl (C=O) groups is 2. The highest BCUT2D eigenvalue weighted by atomic mass is 32.2. The molecule has 0 aliphatic heterocycles. The Bertz CT molecular complexity index is 1010. The van der Waals surface area contributed by atoms with Crippen LogP contribution in [0.5, 0.6) is 0 Å². The van der Waals surface area contributed by atoms with Gasteiger partial charge in [0.25, 0.3) is 5.91 Å². The third-order valence-electron chi connectivity index (χ3n) is 4.40. The zero-order valence-electron chi connectivity index (χ0n) is 16.6. The molecule has 1 aromatic heterocycles. The van der Waals surface area contributed by atoms with Crippen LogP contribution in [0.1, 0.15) is 27.3 Å². The highest BCUT2D eigenvalue weighted by Crippen LogP contribution is 2.18. The molecule has 3 aromatic rings. The van der Waals surface area contributed by atoms with Crippen molar-refractivity contribution in [2.24, 2.45) is 7.05 Å². The molecule has 0 spiro atoms. The number of benzene rings is 2. The van der Waals surface area contributed by atoms with Gasteiger partial charge in [-0.25, -0.2) is 0 Å². The topological polar surface area (TPSA) is 88.9 Å². The summed E-state index contributed by atoms with van der Waals surface area (Å²) in [7, 11) is 1.85. The van der Waals surface area contributed by atoms with E-state index in [1.807, 2.05) is 49.7 Å². The monoisotopic (exact) mass is 409 g/mol. The number of aromatic nitrogens is 3. The van der Waals surface area contributed by atoms with Crippen molar-refractivity contribution in [3.8, 4) is 0 Å². The molecule has 150 valence electrons. The minimum atomic E-state index is -0.238. The molecule has 0 radical (unpaired) electrons. The number of carbonyl (C=O) groups excluding carboxylic acids is 2. The van der Waals surface area contributed by atoms with E-state index in [1.54, 1.807) is 24.3 Å². The first-order valence-electron chi connectivity index (χ1n) is 9.15. The zero-order valence-corrected chi connectivity index (χ0v) is 17.4. The van der Waals surface area contributed by atoms with Gasteiger partial charge in [0.15, 0.2) is 5.16 Å². The van der Waals surface area contributed by atoms with E-state index in [4.69, 9.17) is 0 Å². The Morgan fingerprint density at radius 2 is 1.76 bits per heavy atom. The van der Waals surface area contributed by atoms with Crippen LogP contribution in [-0.2, 0) is 18.4 Å². The van der Waals surface area contributed by atoms with Crippen molar-refractivity contribution in [2.45, 2.75) is 25.5 Å². The summed E-state index contributed by atoms with van der Waals surface area (Å²) in [6.07, 6.45) is 0. The van der Waals surface area contributed by atoms with Gasteiger partial charge in [0.2, 0.25) is 5.91 Å². The number of para-hydroxylation sites is 1. The van der Waals surface area contributed by atoms with E-state index < -0.39 is 0 Å². The highest BCUT2D eigenvalue weighted by Gasteiger charge is 2.14. The average molecular weight is 410 g/mol. The van der Waals surface area contributed by atoms with Crippen molar-refractivity contribution in [1.82, 2.24) is 20.1 Å². The molecule has 2 N–H and O–H groups in total. The van der Waals surface area contributed by atoms with Crippen LogP contribution >= 0.6 is 11.8 Å². The van der Waals surface area contributed by atoms with Crippen LogP contribution in [0.2, 0.25) is 0 Å². The number of hydrogen-bond acceptors (Lipinski definition) is 5. The van der Waals surface area contributed by atoms with Crippen molar-refractivity contribution >= 4 is 29.3 Å². The number of amides is 2. The summed E-state index contributed by atoms with van der Waals surface area (Å²) < 4.78 is 1.82. The van der Waals surface area contributed by atoms with Gasteiger partial charge in [-0.2, -0.15) is 0 Å². The quantitative estimate of drug-likeness (QED) is 0.586. The molecule has 0 fully saturated rings. The van der Waals surface area contributed by atoms with Crippen molar-refractivity contribution in [3.05, 3.63) is 71.0 Å². The summed E-state index contributed by atoms with van der Waals surface area (Å²) in [5.41, 5.74) is 3.09. The first-order valence-corrected chi connectivity index (χ1v) is 10.1. The molecule has 8 heteroatoms. The van der Waals surface area contributed by atoms with E-state index in [1.165, 1.54) is 17.3 Å². The van der Waals surface area contributed by atoms with Gasteiger partial charge in [0.1, 0.15) is 5.82 Å². The SMILES string of the molecule is Cc1ccc(CNC(=O)c2ccccc2NC(=O)CSc2nnc(C)n2C)cc1. The van der Waals surface area contributed by atoms with Crippen molar-refractivity contribution in [1.29, 1.82) is 0 Å². The molecule has 2 amide bonds. The summed E-state index contributed by atoms with van der Waals surface area (Å²) in [4.78, 5) is 25.0. The standard InChI is InChI=1S/C21H23N5O2S/c1-14-8-10-16(11-9-14)12-22-20(28)17-6-4-5-7-18(17)23-19(27)13-29-21-25-24-15(2)26(21)3/h4-11H,12-13H2,1-3H3,(H,22,28)(H,23,27). The molecule has 2 aromatic carbocycles. The molecule has 0 saturated carbocycles. The van der Waals surface area contributed by atoms with Crippen LogP contribution < -0.4 is 10.6 Å². The highest BCUT2D eigenvalue weighted by molar-refractivity contribution is 7.99. The Morgan fingerprint density at radius 1 is 1.03 bits per heavy atom. The Labute approximate surface area is 173 Å². The minimum Gasteiger partial charge on any atom is -0.348 e. The molecule has 3 rings (SSSR count). The summed E-state index contributed by atoms with van der Waals surface area (Å²) in [5.74, 6) is 0.502. The molecule has 1 heterocycles. The fourth-order valence-electron chi connectivity index (χ4n) is 2.60. The predicted octanol–water partition coefficient (Wildman–Crippen LogP) is 3.09. The summed E-state index contributed by atoms with van der Waals surface area (Å²) in [5, 5.41) is 14.4. The number of anilines is 1. The number of thioether (sulfide) groups is 1. The fourth-order valence-corrected chi connectivity index (χ4v) is 3.36. The van der Waals surface area contributed by atoms with Crippen LogP contribution in [0.15, 0.2) is 53.7 Å². The van der Waals surface area contributed by atoms with E-state index in [9.17, 15) is 9.59 Å². The number of rotatable bonds is 7. The lowest BCUT2D eigenvalue weighted by Gasteiger charge is -2.11. The first kappa shape index (κ1) is 20.6. The molecule has 29 heavy (non-hydrogen) atoms. The Kier molecular flexibility index (Phi) is 6.66. The van der Waals surface area contributed by atoms with Crippen molar-refractivity contribution in [2.75, 3.05) is 11.1 Å². The molecule has 0 atom stereocenters. The second-order valence-electron chi connectivity index (χ2n) is 6.64. The third-order valence-corrected chi connectivity index (χ3v) is 5.42. The van der Waals surface area contributed by atoms with Crippen molar-refractivity contribution < 1.29 is 9.59 Å². The van der Waals surface area contributed by atoms with Gasteiger partial charge < -0.3 is 15.2 Å². The lowest BCUT2D eigenvalue weighted by molar-refractivity contribution is -0.113. The van der Waals surface area contributed by atoms with Crippen LogP contribution in [-0.4, -0.2) is 32.3 Å². The van der Waals surface area contributed by atoms with Crippen LogP contribution in [0.3, 0.4) is 0 Å². The second kappa shape index (κ2) is 9.38. The minimum absolute atomic E-state index is 0.172. The zero-order chi connectivity index (χ0) is 20.8. The predicted molar refractivity (Wildman–Crippen MR) is 114 cm³/mol. The van der Waals surface area contributed by atoms with Gasteiger partial charge in [-0.15, -0.1) is 10.2 Å². The smallest absolute Gasteiger partial charge is 0.253 e. The Hall–Kier alpha value is -3.13. The van der Waals surface area contributed by atoms with Gasteiger partial charge in [0, 0.05) is 13.6 Å². The largest absolute Gasteiger partial charge is 0.348 e. The lowest BCUT2D eigenvalue weighted by atomic mass is 10.1. The molecule has 0 aliphatic rings. The van der Waals surface area contributed by atoms with Crippen LogP contribution in [0, 0.1) is 13.8 Å². The molecular weight excluding hydrogens is 386 g/mol. The molecule has 7 nitrogen and oxygen atoms in total. The number of aryl methyl sites for hydroxylation is 2. The van der Waals surface area contributed by atoms with Crippen molar-refractivity contribution in [3.63, 3.8) is 0 Å². The first-order chi connectivity index (χ1) is 13.9. The number of nitrogens with zero attached hydrogens (tertiary/aromatic N) is 3. The van der Waals surface area contributed by atoms with E-state index in [-0.39, 0.29) is 17.6 Å². The summed E-state index contributed by atoms with van der Waals surface area (Å²) >= 11 is 1.29. The maximum Gasteiger partial charge on any atom is 0.253 e. The van der Waals surface area contributed by atoms with E-state index >= 15 is 0 Å². The summed E-state index contributed by atoms with van der Waals surface area (Å²) in [6, 6.07) is 14.9. The van der Waals surface area contributed by atoms with E-state index in [0.717, 1.165) is 11.4 Å². The Morgan fingerprint density at radius 3 is 2.45 bits per heavy atom. The van der Waals surface area contributed by atoms with E-state index in [2.05, 4.69) is 20.8 Å². The number of nitrogens with one attached hydrogen (secondary N) is 2. The normalized spacial score (nSPS) is 10.6. The summed E-state index contributed by atoms with van der Waals surface area (Å²) in [6.45, 7) is 4.29. The maximum atomic E-state index is 12.6. The van der Waals surface area contributed by atoms with Gasteiger partial charge in [0.05, 0.1) is 17.0 Å². The average Bonchev–Trinajstić information content (AvgIpc) is 3.04. The lowest BCUT2D eigenvalue weighted by Crippen LogP contribution is -2.25. The maximum absolute atomic E-state index is 12.6.